The number of hydrogen-bond acceptors (Lipinski definition) is 3. The van der Waals surface area contributed by atoms with Gasteiger partial charge in [-0.1, -0.05) is 40.9 Å². The molecule has 0 aliphatic heterocycles. The SMILES string of the molecule is Cc1ccc(NS(=O)(=O)c2c(Cl)cc(N)cc2Cl)c(C)c1. The van der Waals surface area contributed by atoms with Gasteiger partial charge in [0.25, 0.3) is 10.0 Å². The van der Waals surface area contributed by atoms with E-state index in [9.17, 15) is 8.42 Å². The molecule has 2 aromatic carbocycles. The van der Waals surface area contributed by atoms with E-state index < -0.39 is 10.0 Å². The van der Waals surface area contributed by atoms with Crippen LogP contribution >= 0.6 is 23.2 Å². The van der Waals surface area contributed by atoms with Crippen LogP contribution < -0.4 is 10.5 Å². The van der Waals surface area contributed by atoms with Gasteiger partial charge in [-0.25, -0.2) is 8.42 Å². The Morgan fingerprint density at radius 1 is 1.05 bits per heavy atom. The predicted molar refractivity (Wildman–Crippen MR) is 87.6 cm³/mol. The zero-order valence-electron chi connectivity index (χ0n) is 11.4. The van der Waals surface area contributed by atoms with E-state index in [1.54, 1.807) is 6.07 Å². The van der Waals surface area contributed by atoms with Crippen molar-refractivity contribution in [1.29, 1.82) is 0 Å². The number of nitrogens with one attached hydrogen (secondary N) is 1. The Morgan fingerprint density at radius 3 is 2.14 bits per heavy atom. The smallest absolute Gasteiger partial charge is 0.264 e. The summed E-state index contributed by atoms with van der Waals surface area (Å²) in [6.07, 6.45) is 0. The first kappa shape index (κ1) is 15.9. The number of nitrogen functional groups attached to an aromatic ring is 1. The van der Waals surface area contributed by atoms with E-state index >= 15 is 0 Å². The van der Waals surface area contributed by atoms with Crippen molar-refractivity contribution >= 4 is 44.6 Å². The summed E-state index contributed by atoms with van der Waals surface area (Å²) >= 11 is 11.9. The molecule has 0 radical (unpaired) electrons. The molecule has 4 nitrogen and oxygen atoms in total. The van der Waals surface area contributed by atoms with Crippen LogP contribution in [0.1, 0.15) is 11.1 Å². The zero-order valence-corrected chi connectivity index (χ0v) is 13.8. The summed E-state index contributed by atoms with van der Waals surface area (Å²) in [4.78, 5) is -0.181. The highest BCUT2D eigenvalue weighted by Gasteiger charge is 2.23. The van der Waals surface area contributed by atoms with Crippen molar-refractivity contribution in [3.8, 4) is 0 Å². The second-order valence-electron chi connectivity index (χ2n) is 4.74. The Balaban J connectivity index is 2.48. The fourth-order valence-electron chi connectivity index (χ4n) is 1.96. The Labute approximate surface area is 133 Å². The fraction of sp³-hybridized carbons (Fsp3) is 0.143. The van der Waals surface area contributed by atoms with Crippen molar-refractivity contribution in [2.75, 3.05) is 10.5 Å². The third-order valence-corrected chi connectivity index (χ3v) is 5.20. The van der Waals surface area contributed by atoms with E-state index in [4.69, 9.17) is 28.9 Å². The molecule has 0 aliphatic carbocycles. The minimum Gasteiger partial charge on any atom is -0.399 e. The third-order valence-electron chi connectivity index (χ3n) is 2.92. The van der Waals surface area contributed by atoms with Crippen LogP contribution in [0, 0.1) is 13.8 Å². The van der Waals surface area contributed by atoms with Crippen molar-refractivity contribution in [2.45, 2.75) is 18.7 Å². The molecular weight excluding hydrogens is 331 g/mol. The fourth-order valence-corrected chi connectivity index (χ4v) is 4.33. The van der Waals surface area contributed by atoms with Gasteiger partial charge < -0.3 is 5.73 Å². The lowest BCUT2D eigenvalue weighted by atomic mass is 10.1. The molecule has 0 bridgehead atoms. The number of benzene rings is 2. The summed E-state index contributed by atoms with van der Waals surface area (Å²) in [5.74, 6) is 0. The molecule has 0 saturated carbocycles. The Morgan fingerprint density at radius 2 is 1.62 bits per heavy atom. The van der Waals surface area contributed by atoms with E-state index in [1.807, 2.05) is 26.0 Å². The molecule has 0 atom stereocenters. The van der Waals surface area contributed by atoms with Crippen LogP contribution in [0.2, 0.25) is 10.0 Å². The average Bonchev–Trinajstić information content (AvgIpc) is 2.30. The second-order valence-corrected chi connectivity index (χ2v) is 7.17. The zero-order chi connectivity index (χ0) is 15.8. The van der Waals surface area contributed by atoms with E-state index in [0.29, 0.717) is 11.4 Å². The van der Waals surface area contributed by atoms with Gasteiger partial charge in [-0.3, -0.25) is 4.72 Å². The van der Waals surface area contributed by atoms with Gasteiger partial charge in [-0.15, -0.1) is 0 Å². The van der Waals surface area contributed by atoms with Gasteiger partial charge in [0.05, 0.1) is 15.7 Å². The number of aryl methyl sites for hydroxylation is 2. The molecule has 112 valence electrons. The van der Waals surface area contributed by atoms with Crippen LogP contribution in [-0.4, -0.2) is 8.42 Å². The quantitative estimate of drug-likeness (QED) is 0.826. The van der Waals surface area contributed by atoms with Crippen LogP contribution in [0.3, 0.4) is 0 Å². The first-order chi connectivity index (χ1) is 9.70. The van der Waals surface area contributed by atoms with E-state index in [2.05, 4.69) is 4.72 Å². The second kappa shape index (κ2) is 5.75. The summed E-state index contributed by atoms with van der Waals surface area (Å²) in [5, 5.41) is -0.0328. The van der Waals surface area contributed by atoms with Gasteiger partial charge in [0, 0.05) is 5.69 Å². The van der Waals surface area contributed by atoms with E-state index in [-0.39, 0.29) is 14.9 Å². The lowest BCUT2D eigenvalue weighted by Crippen LogP contribution is -2.15. The number of sulfonamides is 1. The molecule has 21 heavy (non-hydrogen) atoms. The van der Waals surface area contributed by atoms with Gasteiger partial charge in [0.2, 0.25) is 0 Å². The number of hydrogen-bond donors (Lipinski definition) is 2. The Kier molecular flexibility index (Phi) is 4.37. The average molecular weight is 345 g/mol. The maximum Gasteiger partial charge on any atom is 0.264 e. The normalized spacial score (nSPS) is 11.4. The molecule has 0 aliphatic rings. The molecule has 2 aromatic rings. The van der Waals surface area contributed by atoms with Gasteiger partial charge in [0.15, 0.2) is 0 Å². The summed E-state index contributed by atoms with van der Waals surface area (Å²) in [6, 6.07) is 8.09. The van der Waals surface area contributed by atoms with Crippen molar-refractivity contribution in [3.05, 3.63) is 51.5 Å². The highest BCUT2D eigenvalue weighted by molar-refractivity contribution is 7.93. The Hall–Kier alpha value is -1.43. The van der Waals surface area contributed by atoms with Crippen molar-refractivity contribution < 1.29 is 8.42 Å². The molecule has 0 saturated heterocycles. The van der Waals surface area contributed by atoms with Crippen molar-refractivity contribution in [2.24, 2.45) is 0 Å². The van der Waals surface area contributed by atoms with Crippen LogP contribution in [-0.2, 0) is 10.0 Å². The van der Waals surface area contributed by atoms with Gasteiger partial charge in [0.1, 0.15) is 4.90 Å². The molecule has 0 aromatic heterocycles. The van der Waals surface area contributed by atoms with Crippen molar-refractivity contribution in [3.63, 3.8) is 0 Å². The van der Waals surface area contributed by atoms with Crippen LogP contribution in [0.15, 0.2) is 35.2 Å². The van der Waals surface area contributed by atoms with Crippen LogP contribution in [0.5, 0.6) is 0 Å². The van der Waals surface area contributed by atoms with Gasteiger partial charge >= 0.3 is 0 Å². The molecular formula is C14H14Cl2N2O2S. The van der Waals surface area contributed by atoms with Gasteiger partial charge in [-0.05, 0) is 37.6 Å². The van der Waals surface area contributed by atoms with Crippen LogP contribution in [0.4, 0.5) is 11.4 Å². The first-order valence-electron chi connectivity index (χ1n) is 6.05. The molecule has 0 spiro atoms. The van der Waals surface area contributed by atoms with Crippen molar-refractivity contribution in [1.82, 2.24) is 0 Å². The van der Waals surface area contributed by atoms with E-state index in [1.165, 1.54) is 12.1 Å². The molecule has 2 rings (SSSR count). The summed E-state index contributed by atoms with van der Waals surface area (Å²) in [7, 11) is -3.90. The molecule has 7 heteroatoms. The van der Waals surface area contributed by atoms with Crippen LogP contribution in [0.25, 0.3) is 0 Å². The number of rotatable bonds is 3. The standard InChI is InChI=1S/C14H14Cl2N2O2S/c1-8-3-4-13(9(2)5-8)18-21(19,20)14-11(15)6-10(17)7-12(14)16/h3-7,18H,17H2,1-2H3. The third kappa shape index (κ3) is 3.43. The molecule has 3 N–H and O–H groups in total. The van der Waals surface area contributed by atoms with E-state index in [0.717, 1.165) is 11.1 Å². The highest BCUT2D eigenvalue weighted by atomic mass is 35.5. The molecule has 0 amide bonds. The predicted octanol–water partition coefficient (Wildman–Crippen LogP) is 3.99. The lowest BCUT2D eigenvalue weighted by Gasteiger charge is -2.13. The maximum atomic E-state index is 12.5. The molecule has 0 unspecified atom stereocenters. The Bertz CT molecular complexity index is 782. The molecule has 0 fully saturated rings. The molecule has 0 heterocycles. The number of halogens is 2. The van der Waals surface area contributed by atoms with Gasteiger partial charge in [-0.2, -0.15) is 0 Å². The maximum absolute atomic E-state index is 12.5. The minimum atomic E-state index is -3.90. The highest BCUT2D eigenvalue weighted by Crippen LogP contribution is 2.33. The monoisotopic (exact) mass is 344 g/mol. The number of nitrogens with two attached hydrogens (primary N) is 1. The number of anilines is 2. The lowest BCUT2D eigenvalue weighted by molar-refractivity contribution is 0.601. The first-order valence-corrected chi connectivity index (χ1v) is 8.29. The summed E-state index contributed by atoms with van der Waals surface area (Å²) in [6.45, 7) is 3.75. The topological polar surface area (TPSA) is 72.2 Å². The largest absolute Gasteiger partial charge is 0.399 e. The minimum absolute atomic E-state index is 0.0164. The summed E-state index contributed by atoms with van der Waals surface area (Å²) < 4.78 is 27.4. The summed E-state index contributed by atoms with van der Waals surface area (Å²) in [5.41, 5.74) is 8.21.